The zero-order chi connectivity index (χ0) is 46.8. The third kappa shape index (κ3) is 27.2. The lowest BCUT2D eigenvalue weighted by Crippen LogP contribution is -2.64. The number of carbonyl (C=O) groups excluding carboxylic acids is 2. The molecule has 0 aromatic rings. The third-order valence-corrected chi connectivity index (χ3v) is 12.3. The molecule has 14 nitrogen and oxygen atoms in total. The largest absolute Gasteiger partial charge is 0.472 e. The van der Waals surface area contributed by atoms with Crippen molar-refractivity contribution >= 4 is 19.8 Å². The Kier molecular flexibility index (Phi) is 32.1. The zero-order valence-electron chi connectivity index (χ0n) is 38.8. The molecule has 2 fully saturated rings. The Morgan fingerprint density at radius 1 is 0.562 bits per heavy atom. The molecule has 1 aliphatic heterocycles. The summed E-state index contributed by atoms with van der Waals surface area (Å²) in [7, 11) is -5.14. The number of hydrogen-bond donors (Lipinski definition) is 6. The molecular formula is C49H83O14P. The molecule has 5 unspecified atom stereocenters. The van der Waals surface area contributed by atoms with Crippen molar-refractivity contribution in [3.8, 4) is 0 Å². The number of unbranched alkanes of at least 4 members (excludes halogenated alkanes) is 14. The Morgan fingerprint density at radius 2 is 1.02 bits per heavy atom. The lowest BCUT2D eigenvalue weighted by Gasteiger charge is -2.41. The molecular weight excluding hydrogens is 843 g/mol. The summed E-state index contributed by atoms with van der Waals surface area (Å²) in [6, 6.07) is 0. The highest BCUT2D eigenvalue weighted by molar-refractivity contribution is 7.47. The van der Waals surface area contributed by atoms with Gasteiger partial charge in [0.1, 0.15) is 43.2 Å². The van der Waals surface area contributed by atoms with Gasteiger partial charge in [0.2, 0.25) is 0 Å². The first-order valence-electron chi connectivity index (χ1n) is 24.2. The van der Waals surface area contributed by atoms with Crippen LogP contribution < -0.4 is 0 Å². The summed E-state index contributed by atoms with van der Waals surface area (Å²) < 4.78 is 39.2. The van der Waals surface area contributed by atoms with Crippen LogP contribution in [0.4, 0.5) is 0 Å². The van der Waals surface area contributed by atoms with Crippen LogP contribution in [0.1, 0.15) is 168 Å². The summed E-state index contributed by atoms with van der Waals surface area (Å²) in [5.74, 6) is -1.20. The van der Waals surface area contributed by atoms with Crippen LogP contribution in [0.25, 0.3) is 0 Å². The van der Waals surface area contributed by atoms with E-state index in [0.29, 0.717) is 31.5 Å². The standard InChI is InChI=1S/C49H83O14P/c1-3-5-7-8-9-10-11-12-13-14-18-21-24-27-31-35-42(50)59-37-39(38-60-64(57,58)63-49-47(55)45(53)44(52)46(54)48(49)56)61-43(51)36-32-28-25-22-19-16-15-17-20-23-26-30-34-41-40(62-41)33-29-6-4-2/h6,16-17,19-20,25-26,28-30,39-41,44-49,52-56H,3-5,7-15,18,21-24,27,31-38H2,1-2H3,(H,57,58)/b19-16-,20-17-,28-25-,29-6-,30-26-/t39-,40?,41?,44?,45-,46+,47-,48-,49?/m1/s1. The Labute approximate surface area is 383 Å². The van der Waals surface area contributed by atoms with Gasteiger partial charge in [-0.25, -0.2) is 4.57 Å². The van der Waals surface area contributed by atoms with Crippen LogP contribution >= 0.6 is 7.82 Å². The topological polar surface area (TPSA) is 222 Å². The van der Waals surface area contributed by atoms with Gasteiger partial charge in [-0.15, -0.1) is 0 Å². The van der Waals surface area contributed by atoms with Crippen LogP contribution in [0.2, 0.25) is 0 Å². The molecule has 1 heterocycles. The molecule has 0 radical (unpaired) electrons. The van der Waals surface area contributed by atoms with Gasteiger partial charge in [-0.2, -0.15) is 0 Å². The zero-order valence-corrected chi connectivity index (χ0v) is 39.6. The molecule has 1 aliphatic carbocycles. The van der Waals surface area contributed by atoms with E-state index in [9.17, 15) is 44.6 Å². The lowest BCUT2D eigenvalue weighted by atomic mass is 9.85. The van der Waals surface area contributed by atoms with E-state index in [1.807, 2.05) is 18.2 Å². The van der Waals surface area contributed by atoms with E-state index in [1.54, 1.807) is 0 Å². The van der Waals surface area contributed by atoms with Gasteiger partial charge in [0, 0.05) is 12.8 Å². The number of carbonyl (C=O) groups is 2. The van der Waals surface area contributed by atoms with Crippen LogP contribution in [-0.4, -0.2) is 111 Å². The number of hydrogen-bond acceptors (Lipinski definition) is 13. The predicted molar refractivity (Wildman–Crippen MR) is 248 cm³/mol. The van der Waals surface area contributed by atoms with E-state index >= 15 is 0 Å². The fraction of sp³-hybridized carbons (Fsp3) is 0.755. The second kappa shape index (κ2) is 35.7. The molecule has 1 saturated heterocycles. The van der Waals surface area contributed by atoms with Crippen molar-refractivity contribution in [2.45, 2.75) is 223 Å². The quantitative estimate of drug-likeness (QED) is 0.0112. The molecule has 2 aliphatic rings. The van der Waals surface area contributed by atoms with E-state index in [0.717, 1.165) is 51.4 Å². The normalized spacial score (nSPS) is 25.2. The van der Waals surface area contributed by atoms with Gasteiger partial charge < -0.3 is 44.6 Å². The molecule has 1 saturated carbocycles. The van der Waals surface area contributed by atoms with Crippen molar-refractivity contribution < 1.29 is 67.8 Å². The van der Waals surface area contributed by atoms with Crippen LogP contribution in [0, 0.1) is 0 Å². The van der Waals surface area contributed by atoms with Crippen molar-refractivity contribution in [3.63, 3.8) is 0 Å². The van der Waals surface area contributed by atoms with Gasteiger partial charge in [-0.05, 0) is 51.4 Å². The van der Waals surface area contributed by atoms with E-state index < -0.39 is 75.7 Å². The maximum absolute atomic E-state index is 12.8. The van der Waals surface area contributed by atoms with Crippen LogP contribution in [0.5, 0.6) is 0 Å². The molecule has 0 aromatic carbocycles. The number of ether oxygens (including phenoxy) is 3. The Bertz CT molecular complexity index is 1420. The molecule has 0 amide bonds. The van der Waals surface area contributed by atoms with E-state index in [1.165, 1.54) is 70.6 Å². The van der Waals surface area contributed by atoms with Crippen LogP contribution in [0.15, 0.2) is 60.8 Å². The van der Waals surface area contributed by atoms with Gasteiger partial charge >= 0.3 is 19.8 Å². The molecule has 10 atom stereocenters. The lowest BCUT2D eigenvalue weighted by molar-refractivity contribution is -0.220. The third-order valence-electron chi connectivity index (χ3n) is 11.3. The summed E-state index contributed by atoms with van der Waals surface area (Å²) >= 11 is 0. The average molecular weight is 927 g/mol. The highest BCUT2D eigenvalue weighted by Crippen LogP contribution is 2.47. The molecule has 15 heteroatoms. The molecule has 0 spiro atoms. The molecule has 0 aromatic heterocycles. The summed E-state index contributed by atoms with van der Waals surface area (Å²) in [6.07, 6.45) is 31.8. The highest BCUT2D eigenvalue weighted by atomic mass is 31.2. The number of esters is 2. The number of aliphatic hydroxyl groups is 5. The van der Waals surface area contributed by atoms with Crippen LogP contribution in [0.3, 0.4) is 0 Å². The number of rotatable bonds is 38. The number of phosphoric acid groups is 1. The second-order valence-electron chi connectivity index (χ2n) is 17.0. The first-order chi connectivity index (χ1) is 30.9. The fourth-order valence-corrected chi connectivity index (χ4v) is 8.27. The Morgan fingerprint density at radius 3 is 1.53 bits per heavy atom. The van der Waals surface area contributed by atoms with Crippen molar-refractivity contribution in [2.75, 3.05) is 13.2 Å². The Hall–Kier alpha value is -2.49. The minimum Gasteiger partial charge on any atom is -0.462 e. The average Bonchev–Trinajstić information content (AvgIpc) is 4.03. The summed E-state index contributed by atoms with van der Waals surface area (Å²) in [6.45, 7) is 3.12. The monoisotopic (exact) mass is 927 g/mol. The first kappa shape index (κ1) is 57.6. The molecule has 6 N–H and O–H groups in total. The minimum atomic E-state index is -5.14. The maximum Gasteiger partial charge on any atom is 0.472 e. The summed E-state index contributed by atoms with van der Waals surface area (Å²) in [5, 5.41) is 50.2. The minimum absolute atomic E-state index is 0.0324. The number of allylic oxidation sites excluding steroid dienone is 8. The number of epoxide rings is 1. The van der Waals surface area contributed by atoms with Crippen LogP contribution in [-0.2, 0) is 37.4 Å². The predicted octanol–water partition coefficient (Wildman–Crippen LogP) is 8.71. The van der Waals surface area contributed by atoms with Gasteiger partial charge in [-0.1, -0.05) is 164 Å². The van der Waals surface area contributed by atoms with Gasteiger partial charge in [0.05, 0.1) is 18.8 Å². The second-order valence-corrected chi connectivity index (χ2v) is 18.4. The molecule has 368 valence electrons. The van der Waals surface area contributed by atoms with E-state index in [4.69, 9.17) is 23.3 Å². The number of phosphoric ester groups is 1. The molecule has 64 heavy (non-hydrogen) atoms. The maximum atomic E-state index is 12.8. The van der Waals surface area contributed by atoms with Crippen molar-refractivity contribution in [2.24, 2.45) is 0 Å². The van der Waals surface area contributed by atoms with Gasteiger partial charge in [-0.3, -0.25) is 18.6 Å². The molecule has 0 bridgehead atoms. The summed E-state index contributed by atoms with van der Waals surface area (Å²) in [5.41, 5.74) is 0. The molecule has 2 rings (SSSR count). The highest BCUT2D eigenvalue weighted by Gasteiger charge is 2.51. The van der Waals surface area contributed by atoms with Crippen molar-refractivity contribution in [3.05, 3.63) is 60.8 Å². The van der Waals surface area contributed by atoms with Gasteiger partial charge in [0.25, 0.3) is 0 Å². The van der Waals surface area contributed by atoms with Crippen molar-refractivity contribution in [1.82, 2.24) is 0 Å². The van der Waals surface area contributed by atoms with Gasteiger partial charge in [0.15, 0.2) is 6.10 Å². The summed E-state index contributed by atoms with van der Waals surface area (Å²) in [4.78, 5) is 35.7. The number of aliphatic hydroxyl groups excluding tert-OH is 5. The Balaban J connectivity index is 1.72. The van der Waals surface area contributed by atoms with Crippen molar-refractivity contribution in [1.29, 1.82) is 0 Å². The van der Waals surface area contributed by atoms with E-state index in [2.05, 4.69) is 56.4 Å². The SMILES string of the molecule is CC/C=C\CC1OC1C/C=C\C/C=C\C/C=C\C/C=C\CCC(=O)O[C@H](COC(=O)CCCCCCCCCCCCCCCCC)COP(=O)(O)OC1[C@H](O)[C@H](O)C(O)[C@H](O)[C@H]1O. The van der Waals surface area contributed by atoms with E-state index in [-0.39, 0.29) is 12.8 Å². The smallest absolute Gasteiger partial charge is 0.462 e. The fourth-order valence-electron chi connectivity index (χ4n) is 7.30. The first-order valence-corrected chi connectivity index (χ1v) is 25.7.